The lowest BCUT2D eigenvalue weighted by Gasteiger charge is -2.27. The summed E-state index contributed by atoms with van der Waals surface area (Å²) in [6.07, 6.45) is 0.584. The molecule has 2 aromatic rings. The highest BCUT2D eigenvalue weighted by molar-refractivity contribution is 6.30. The van der Waals surface area contributed by atoms with E-state index in [2.05, 4.69) is 4.98 Å². The van der Waals surface area contributed by atoms with E-state index in [0.717, 1.165) is 12.0 Å². The molecule has 31 heavy (non-hydrogen) atoms. The summed E-state index contributed by atoms with van der Waals surface area (Å²) in [5.41, 5.74) is 5.50. The number of nitrogens with zero attached hydrogens (tertiary/aromatic N) is 2. The number of hydrogen-bond donors (Lipinski definition) is 2. The van der Waals surface area contributed by atoms with Crippen molar-refractivity contribution in [2.75, 3.05) is 30.9 Å². The molecule has 3 N–H and O–H groups in total. The number of aromatic amines is 1. The minimum atomic E-state index is -0.938. The van der Waals surface area contributed by atoms with Gasteiger partial charge < -0.3 is 15.2 Å². The Bertz CT molecular complexity index is 1030. The molecule has 0 aliphatic heterocycles. The summed E-state index contributed by atoms with van der Waals surface area (Å²) >= 11 is 5.98. The second-order valence-electron chi connectivity index (χ2n) is 7.15. The Labute approximate surface area is 185 Å². The van der Waals surface area contributed by atoms with Crippen molar-refractivity contribution in [2.24, 2.45) is 0 Å². The van der Waals surface area contributed by atoms with Crippen LogP contribution in [0.25, 0.3) is 0 Å². The highest BCUT2D eigenvalue weighted by atomic mass is 35.5. The van der Waals surface area contributed by atoms with E-state index in [1.165, 1.54) is 16.6 Å². The second-order valence-corrected chi connectivity index (χ2v) is 7.59. The van der Waals surface area contributed by atoms with Crippen LogP contribution in [0.15, 0.2) is 27.8 Å². The molecule has 0 aliphatic carbocycles. The number of nitrogens with one attached hydrogen (secondary N) is 1. The van der Waals surface area contributed by atoms with Gasteiger partial charge in [-0.2, -0.15) is 0 Å². The average molecular weight is 453 g/mol. The number of aryl methyl sites for hydroxylation is 1. The van der Waals surface area contributed by atoms with Gasteiger partial charge in [-0.3, -0.25) is 24.0 Å². The zero-order valence-electron chi connectivity index (χ0n) is 18.2. The third kappa shape index (κ3) is 5.89. The van der Waals surface area contributed by atoms with E-state index in [9.17, 15) is 14.4 Å². The molecule has 0 bridgehead atoms. The highest BCUT2D eigenvalue weighted by Crippen LogP contribution is 2.24. The van der Waals surface area contributed by atoms with Crippen LogP contribution in [0.3, 0.4) is 0 Å². The molecule has 0 aliphatic rings. The topological polar surface area (TPSA) is 120 Å². The zero-order chi connectivity index (χ0) is 23.1. The molecule has 1 amide bonds. The van der Waals surface area contributed by atoms with Crippen molar-refractivity contribution >= 4 is 29.0 Å². The number of nitrogens with two attached hydrogens (primary N) is 1. The van der Waals surface area contributed by atoms with Crippen molar-refractivity contribution in [1.29, 1.82) is 0 Å². The molecule has 170 valence electrons. The summed E-state index contributed by atoms with van der Waals surface area (Å²) in [4.78, 5) is 41.6. The zero-order valence-corrected chi connectivity index (χ0v) is 19.0. The van der Waals surface area contributed by atoms with Crippen LogP contribution >= 0.6 is 11.6 Å². The Morgan fingerprint density at radius 2 is 2.06 bits per heavy atom. The van der Waals surface area contributed by atoms with Gasteiger partial charge in [0.25, 0.3) is 11.5 Å². The molecule has 1 unspecified atom stereocenters. The number of ether oxygens (including phenoxy) is 2. The third-order valence-corrected chi connectivity index (χ3v) is 5.03. The van der Waals surface area contributed by atoms with Gasteiger partial charge in [-0.1, -0.05) is 24.9 Å². The van der Waals surface area contributed by atoms with Crippen molar-refractivity contribution < 1.29 is 14.3 Å². The lowest BCUT2D eigenvalue weighted by Crippen LogP contribution is -2.47. The third-order valence-electron chi connectivity index (χ3n) is 4.79. The van der Waals surface area contributed by atoms with Crippen LogP contribution in [0.4, 0.5) is 11.5 Å². The molecule has 10 heteroatoms. The first-order valence-electron chi connectivity index (χ1n) is 10.1. The molecule has 0 radical (unpaired) electrons. The molecule has 1 aromatic carbocycles. The van der Waals surface area contributed by atoms with E-state index in [1.807, 2.05) is 13.8 Å². The van der Waals surface area contributed by atoms with Crippen LogP contribution in [-0.4, -0.2) is 41.8 Å². The maximum Gasteiger partial charge on any atom is 0.330 e. The van der Waals surface area contributed by atoms with Gasteiger partial charge in [0.15, 0.2) is 11.8 Å². The SMILES string of the molecule is CCCCn1c(N)c(N(CCOC)C(=O)C(C)Oc2ccc(Cl)cc2C)c(=O)[nH]c1=O. The van der Waals surface area contributed by atoms with E-state index in [1.54, 1.807) is 25.1 Å². The summed E-state index contributed by atoms with van der Waals surface area (Å²) in [7, 11) is 1.48. The number of rotatable bonds is 10. The number of amides is 1. The normalized spacial score (nSPS) is 11.9. The van der Waals surface area contributed by atoms with Crippen LogP contribution in [0.1, 0.15) is 32.3 Å². The Morgan fingerprint density at radius 1 is 1.35 bits per heavy atom. The molecule has 0 saturated heterocycles. The molecule has 2 rings (SSSR count). The Kier molecular flexibility index (Phi) is 8.70. The van der Waals surface area contributed by atoms with Gasteiger partial charge in [-0.25, -0.2) is 4.79 Å². The van der Waals surface area contributed by atoms with E-state index in [-0.39, 0.29) is 24.7 Å². The van der Waals surface area contributed by atoms with Gasteiger partial charge in [0.1, 0.15) is 11.6 Å². The molecular weight excluding hydrogens is 424 g/mol. The van der Waals surface area contributed by atoms with Gasteiger partial charge in [0.05, 0.1) is 6.61 Å². The quantitative estimate of drug-likeness (QED) is 0.570. The monoisotopic (exact) mass is 452 g/mol. The fourth-order valence-electron chi connectivity index (χ4n) is 3.10. The maximum atomic E-state index is 13.3. The number of hydrogen-bond acceptors (Lipinski definition) is 6. The van der Waals surface area contributed by atoms with Gasteiger partial charge in [0, 0.05) is 25.2 Å². The molecule has 0 fully saturated rings. The lowest BCUT2D eigenvalue weighted by atomic mass is 10.2. The van der Waals surface area contributed by atoms with E-state index in [4.69, 9.17) is 26.8 Å². The first-order valence-corrected chi connectivity index (χ1v) is 10.4. The molecular formula is C21H29ClN4O5. The standard InChI is InChI=1S/C21H29ClN4O5/c1-5-6-9-26-18(23)17(19(27)24-21(26)29)25(10-11-30-4)20(28)14(3)31-16-8-7-15(22)12-13(16)2/h7-8,12,14H,5-6,9-11,23H2,1-4H3,(H,24,27,29). The van der Waals surface area contributed by atoms with Gasteiger partial charge in [0.2, 0.25) is 0 Å². The summed E-state index contributed by atoms with van der Waals surface area (Å²) in [6.45, 7) is 5.90. The number of unbranched alkanes of at least 4 members (excludes halogenated alkanes) is 1. The number of halogens is 1. The Hall–Kier alpha value is -2.78. The number of benzene rings is 1. The van der Waals surface area contributed by atoms with Crippen molar-refractivity contribution in [1.82, 2.24) is 9.55 Å². The molecule has 1 heterocycles. The maximum absolute atomic E-state index is 13.3. The molecule has 9 nitrogen and oxygen atoms in total. The minimum Gasteiger partial charge on any atom is -0.481 e. The van der Waals surface area contributed by atoms with Crippen molar-refractivity contribution in [3.8, 4) is 5.75 Å². The summed E-state index contributed by atoms with van der Waals surface area (Å²) in [5.74, 6) is -0.0717. The number of nitrogen functional groups attached to an aromatic ring is 1. The van der Waals surface area contributed by atoms with Crippen LogP contribution in [0, 0.1) is 6.92 Å². The number of H-pyrrole nitrogens is 1. The van der Waals surface area contributed by atoms with Crippen LogP contribution in [0.2, 0.25) is 5.02 Å². The average Bonchev–Trinajstić information content (AvgIpc) is 2.71. The molecule has 1 atom stereocenters. The summed E-state index contributed by atoms with van der Waals surface area (Å²) in [5, 5.41) is 0.555. The largest absolute Gasteiger partial charge is 0.481 e. The smallest absolute Gasteiger partial charge is 0.330 e. The van der Waals surface area contributed by atoms with Crippen LogP contribution < -0.4 is 26.6 Å². The van der Waals surface area contributed by atoms with Crippen molar-refractivity contribution in [3.63, 3.8) is 0 Å². The first kappa shape index (κ1) is 24.5. The molecule has 1 aromatic heterocycles. The van der Waals surface area contributed by atoms with Gasteiger partial charge >= 0.3 is 5.69 Å². The Morgan fingerprint density at radius 3 is 2.68 bits per heavy atom. The van der Waals surface area contributed by atoms with Gasteiger partial charge in [-0.05, 0) is 44.0 Å². The molecule has 0 saturated carbocycles. The Balaban J connectivity index is 2.43. The van der Waals surface area contributed by atoms with E-state index in [0.29, 0.717) is 23.7 Å². The highest BCUT2D eigenvalue weighted by Gasteiger charge is 2.29. The van der Waals surface area contributed by atoms with Gasteiger partial charge in [-0.15, -0.1) is 0 Å². The predicted molar refractivity (Wildman–Crippen MR) is 121 cm³/mol. The van der Waals surface area contributed by atoms with E-state index < -0.39 is 23.3 Å². The first-order chi connectivity index (χ1) is 14.7. The van der Waals surface area contributed by atoms with Crippen molar-refractivity contribution in [3.05, 3.63) is 49.6 Å². The molecule has 0 spiro atoms. The lowest BCUT2D eigenvalue weighted by molar-refractivity contribution is -0.124. The minimum absolute atomic E-state index is 0.0574. The number of anilines is 2. The summed E-state index contributed by atoms with van der Waals surface area (Å²) in [6, 6.07) is 5.06. The second kappa shape index (κ2) is 11.0. The number of methoxy groups -OCH3 is 1. The fraction of sp³-hybridized carbons (Fsp3) is 0.476. The summed E-state index contributed by atoms with van der Waals surface area (Å²) < 4.78 is 12.2. The van der Waals surface area contributed by atoms with Crippen molar-refractivity contribution in [2.45, 2.75) is 46.3 Å². The predicted octanol–water partition coefficient (Wildman–Crippen LogP) is 2.33. The number of carbonyl (C=O) groups is 1. The van der Waals surface area contributed by atoms with Crippen LogP contribution in [0.5, 0.6) is 5.75 Å². The number of aromatic nitrogens is 2. The van der Waals surface area contributed by atoms with Crippen LogP contribution in [-0.2, 0) is 16.1 Å². The fourth-order valence-corrected chi connectivity index (χ4v) is 3.32. The van der Waals surface area contributed by atoms with E-state index >= 15 is 0 Å². The number of carbonyl (C=O) groups excluding carboxylic acids is 1.